The van der Waals surface area contributed by atoms with E-state index in [1.165, 1.54) is 0 Å². The van der Waals surface area contributed by atoms with Gasteiger partial charge >= 0.3 is 0 Å². The van der Waals surface area contributed by atoms with E-state index >= 15 is 0 Å². The van der Waals surface area contributed by atoms with Gasteiger partial charge in [-0.2, -0.15) is 0 Å². The summed E-state index contributed by atoms with van der Waals surface area (Å²) in [4.78, 5) is 16.2. The van der Waals surface area contributed by atoms with E-state index in [-0.39, 0.29) is 5.91 Å². The van der Waals surface area contributed by atoms with Crippen molar-refractivity contribution in [1.29, 1.82) is 0 Å². The molecule has 1 aromatic carbocycles. The van der Waals surface area contributed by atoms with Gasteiger partial charge in [0.2, 0.25) is 5.91 Å². The molecular formula is C17H20N2O3. The van der Waals surface area contributed by atoms with Gasteiger partial charge in [-0.05, 0) is 42.7 Å². The molecule has 5 heteroatoms. The van der Waals surface area contributed by atoms with E-state index in [9.17, 15) is 4.79 Å². The summed E-state index contributed by atoms with van der Waals surface area (Å²) >= 11 is 0. The highest BCUT2D eigenvalue weighted by Crippen LogP contribution is 2.23. The van der Waals surface area contributed by atoms with Crippen LogP contribution in [0, 0.1) is 6.92 Å². The summed E-state index contributed by atoms with van der Waals surface area (Å²) < 4.78 is 10.4. The predicted molar refractivity (Wildman–Crippen MR) is 85.5 cm³/mol. The van der Waals surface area contributed by atoms with Crippen molar-refractivity contribution in [3.05, 3.63) is 47.7 Å². The fourth-order valence-electron chi connectivity index (χ4n) is 2.08. The number of nitrogens with zero attached hydrogens (tertiary/aromatic N) is 1. The number of carbonyl (C=O) groups is 1. The van der Waals surface area contributed by atoms with Crippen molar-refractivity contribution in [2.45, 2.75) is 19.8 Å². The maximum absolute atomic E-state index is 12.0. The number of aromatic nitrogens is 1. The molecule has 1 amide bonds. The smallest absolute Gasteiger partial charge is 0.225 e. The van der Waals surface area contributed by atoms with Gasteiger partial charge in [0.05, 0.1) is 14.2 Å². The molecule has 22 heavy (non-hydrogen) atoms. The number of benzene rings is 1. The molecule has 2 aromatic rings. The molecule has 1 N–H and O–H groups in total. The first-order valence-electron chi connectivity index (χ1n) is 7.06. The average Bonchev–Trinajstić information content (AvgIpc) is 2.54. The van der Waals surface area contributed by atoms with E-state index in [0.717, 1.165) is 22.6 Å². The van der Waals surface area contributed by atoms with Gasteiger partial charge in [-0.25, -0.2) is 4.98 Å². The lowest BCUT2D eigenvalue weighted by Gasteiger charge is -2.09. The normalized spacial score (nSPS) is 10.1. The molecule has 0 aliphatic heterocycles. The van der Waals surface area contributed by atoms with Crippen molar-refractivity contribution in [2.24, 2.45) is 0 Å². The van der Waals surface area contributed by atoms with Crippen molar-refractivity contribution >= 4 is 11.7 Å². The van der Waals surface area contributed by atoms with Crippen LogP contribution in [0.3, 0.4) is 0 Å². The topological polar surface area (TPSA) is 60.5 Å². The number of methoxy groups -OCH3 is 2. The van der Waals surface area contributed by atoms with Crippen molar-refractivity contribution in [3.63, 3.8) is 0 Å². The van der Waals surface area contributed by atoms with Gasteiger partial charge in [0.25, 0.3) is 0 Å². The summed E-state index contributed by atoms with van der Waals surface area (Å²) in [5.41, 5.74) is 1.93. The number of nitrogens with one attached hydrogen (secondary N) is 1. The number of hydrogen-bond acceptors (Lipinski definition) is 4. The van der Waals surface area contributed by atoms with Crippen LogP contribution >= 0.6 is 0 Å². The Morgan fingerprint density at radius 1 is 1.18 bits per heavy atom. The summed E-state index contributed by atoms with van der Waals surface area (Å²) in [6.45, 7) is 1.91. The summed E-state index contributed by atoms with van der Waals surface area (Å²) in [5.74, 6) is 1.98. The number of carbonyl (C=O) groups excluding carboxylic acids is 1. The minimum Gasteiger partial charge on any atom is -0.497 e. The lowest BCUT2D eigenvalue weighted by atomic mass is 10.1. The molecular weight excluding hydrogens is 280 g/mol. The van der Waals surface area contributed by atoms with E-state index in [1.807, 2.05) is 31.2 Å². The van der Waals surface area contributed by atoms with Gasteiger partial charge in [0, 0.05) is 18.7 Å². The van der Waals surface area contributed by atoms with Crippen LogP contribution in [-0.4, -0.2) is 25.1 Å². The largest absolute Gasteiger partial charge is 0.497 e. The summed E-state index contributed by atoms with van der Waals surface area (Å²) in [5, 5.41) is 2.83. The van der Waals surface area contributed by atoms with Gasteiger partial charge < -0.3 is 14.8 Å². The number of anilines is 1. The Hall–Kier alpha value is -2.56. The Morgan fingerprint density at radius 2 is 1.86 bits per heavy atom. The molecule has 2 rings (SSSR count). The van der Waals surface area contributed by atoms with Gasteiger partial charge in [-0.1, -0.05) is 6.07 Å². The second-order valence-corrected chi connectivity index (χ2v) is 4.94. The number of aryl methyl sites for hydroxylation is 2. The molecule has 0 atom stereocenters. The van der Waals surface area contributed by atoms with Crippen molar-refractivity contribution < 1.29 is 14.3 Å². The molecule has 0 fully saturated rings. The molecule has 0 bridgehead atoms. The highest BCUT2D eigenvalue weighted by Gasteiger charge is 2.08. The van der Waals surface area contributed by atoms with Crippen LogP contribution in [0.25, 0.3) is 0 Å². The monoisotopic (exact) mass is 300 g/mol. The number of rotatable bonds is 6. The fourth-order valence-corrected chi connectivity index (χ4v) is 2.08. The third-order valence-electron chi connectivity index (χ3n) is 3.32. The van der Waals surface area contributed by atoms with Gasteiger partial charge in [-0.15, -0.1) is 0 Å². The quantitative estimate of drug-likeness (QED) is 0.891. The first kappa shape index (κ1) is 15.8. The van der Waals surface area contributed by atoms with Gasteiger partial charge in [-0.3, -0.25) is 4.79 Å². The van der Waals surface area contributed by atoms with Gasteiger partial charge in [0.1, 0.15) is 17.3 Å². The van der Waals surface area contributed by atoms with Crippen LogP contribution in [0.5, 0.6) is 11.5 Å². The van der Waals surface area contributed by atoms with E-state index in [4.69, 9.17) is 9.47 Å². The number of amides is 1. The first-order valence-corrected chi connectivity index (χ1v) is 7.06. The van der Waals surface area contributed by atoms with E-state index in [2.05, 4.69) is 10.3 Å². The summed E-state index contributed by atoms with van der Waals surface area (Å²) in [6.07, 6.45) is 2.63. The summed E-state index contributed by atoms with van der Waals surface area (Å²) in [7, 11) is 3.21. The second-order valence-electron chi connectivity index (χ2n) is 4.94. The van der Waals surface area contributed by atoms with E-state index in [0.29, 0.717) is 18.7 Å². The average molecular weight is 300 g/mol. The highest BCUT2D eigenvalue weighted by atomic mass is 16.5. The Balaban J connectivity index is 1.98. The molecule has 116 valence electrons. The maximum atomic E-state index is 12.0. The third-order valence-corrected chi connectivity index (χ3v) is 3.32. The number of pyridine rings is 1. The SMILES string of the molecule is COc1cc(CCC(=O)Nc2ncccc2C)cc(OC)c1. The van der Waals surface area contributed by atoms with Crippen LogP contribution in [-0.2, 0) is 11.2 Å². The number of ether oxygens (including phenoxy) is 2. The Labute approximate surface area is 130 Å². The zero-order valence-corrected chi connectivity index (χ0v) is 13.1. The lowest BCUT2D eigenvalue weighted by Crippen LogP contribution is -2.14. The molecule has 0 saturated carbocycles. The minimum atomic E-state index is -0.0661. The predicted octanol–water partition coefficient (Wildman–Crippen LogP) is 2.98. The molecule has 0 aliphatic carbocycles. The molecule has 0 radical (unpaired) electrons. The molecule has 0 spiro atoms. The Kier molecular flexibility index (Phi) is 5.36. The maximum Gasteiger partial charge on any atom is 0.225 e. The first-order chi connectivity index (χ1) is 10.6. The van der Waals surface area contributed by atoms with Crippen molar-refractivity contribution in [1.82, 2.24) is 4.98 Å². The van der Waals surface area contributed by atoms with Crippen LogP contribution < -0.4 is 14.8 Å². The van der Waals surface area contributed by atoms with Crippen LogP contribution in [0.4, 0.5) is 5.82 Å². The second kappa shape index (κ2) is 7.45. The third kappa shape index (κ3) is 4.22. The molecule has 1 heterocycles. The van der Waals surface area contributed by atoms with E-state index < -0.39 is 0 Å². The van der Waals surface area contributed by atoms with Gasteiger partial charge in [0.15, 0.2) is 0 Å². The summed E-state index contributed by atoms with van der Waals surface area (Å²) in [6, 6.07) is 9.37. The highest BCUT2D eigenvalue weighted by molar-refractivity contribution is 5.90. The Morgan fingerprint density at radius 3 is 2.45 bits per heavy atom. The molecule has 1 aromatic heterocycles. The van der Waals surface area contributed by atoms with Crippen LogP contribution in [0.2, 0.25) is 0 Å². The zero-order valence-electron chi connectivity index (χ0n) is 13.1. The number of hydrogen-bond donors (Lipinski definition) is 1. The molecule has 0 aliphatic rings. The molecule has 0 saturated heterocycles. The van der Waals surface area contributed by atoms with E-state index in [1.54, 1.807) is 26.5 Å². The van der Waals surface area contributed by atoms with Crippen LogP contribution in [0.15, 0.2) is 36.5 Å². The zero-order chi connectivity index (χ0) is 15.9. The minimum absolute atomic E-state index is 0.0661. The molecule has 5 nitrogen and oxygen atoms in total. The standard InChI is InChI=1S/C17H20N2O3/c1-12-5-4-8-18-17(12)19-16(20)7-6-13-9-14(21-2)11-15(10-13)22-3/h4-5,8-11H,6-7H2,1-3H3,(H,18,19,20). The lowest BCUT2D eigenvalue weighted by molar-refractivity contribution is -0.116. The van der Waals surface area contributed by atoms with Crippen molar-refractivity contribution in [3.8, 4) is 11.5 Å². The van der Waals surface area contributed by atoms with Crippen molar-refractivity contribution in [2.75, 3.05) is 19.5 Å². The molecule has 0 unspecified atom stereocenters. The van der Waals surface area contributed by atoms with Crippen LogP contribution in [0.1, 0.15) is 17.5 Å². The Bertz CT molecular complexity index is 634. The fraction of sp³-hybridized carbons (Fsp3) is 0.294.